The number of carbonyl (C=O) groups is 2. The number of carbonyl (C=O) groups excluding carboxylic acids is 2. The molecule has 0 unspecified atom stereocenters. The Morgan fingerprint density at radius 1 is 0.906 bits per heavy atom. The van der Waals surface area contributed by atoms with Crippen LogP contribution in [-0.4, -0.2) is 35.9 Å². The summed E-state index contributed by atoms with van der Waals surface area (Å²) >= 11 is 0. The standard InChI is InChI=1S/C27H38N2O3/c1-6-20(4)28-27(31)25(8-3)29(19-23-13-16-24(32-5)17-14-23)26(30)18-15-22-11-9-21(7-2)10-12-22/h9-14,16-17,20,25H,6-8,15,18-19H2,1-5H3,(H,28,31)/t20-,25+/m0/s1. The van der Waals surface area contributed by atoms with Crippen LogP contribution in [-0.2, 0) is 29.0 Å². The summed E-state index contributed by atoms with van der Waals surface area (Å²) in [6.07, 6.45) is 3.44. The molecule has 2 rings (SSSR count). The van der Waals surface area contributed by atoms with Gasteiger partial charge in [0.15, 0.2) is 0 Å². The van der Waals surface area contributed by atoms with E-state index in [-0.39, 0.29) is 17.9 Å². The molecule has 0 aliphatic heterocycles. The molecule has 174 valence electrons. The summed E-state index contributed by atoms with van der Waals surface area (Å²) in [7, 11) is 1.63. The first-order valence-corrected chi connectivity index (χ1v) is 11.7. The lowest BCUT2D eigenvalue weighted by Gasteiger charge is -2.31. The first-order chi connectivity index (χ1) is 15.4. The number of hydrogen-bond acceptors (Lipinski definition) is 3. The fourth-order valence-electron chi connectivity index (χ4n) is 3.62. The third kappa shape index (κ3) is 7.40. The minimum absolute atomic E-state index is 0.00784. The quantitative estimate of drug-likeness (QED) is 0.512. The molecule has 2 atom stereocenters. The zero-order valence-electron chi connectivity index (χ0n) is 20.2. The summed E-state index contributed by atoms with van der Waals surface area (Å²) < 4.78 is 5.24. The molecule has 2 aromatic rings. The van der Waals surface area contributed by atoms with Crippen LogP contribution in [0.5, 0.6) is 5.75 Å². The summed E-state index contributed by atoms with van der Waals surface area (Å²) in [5.41, 5.74) is 3.40. The Labute approximate surface area is 193 Å². The van der Waals surface area contributed by atoms with Gasteiger partial charge >= 0.3 is 0 Å². The van der Waals surface area contributed by atoms with Crippen molar-refractivity contribution in [1.82, 2.24) is 10.2 Å². The van der Waals surface area contributed by atoms with Gasteiger partial charge in [0.1, 0.15) is 11.8 Å². The minimum atomic E-state index is -0.499. The Hall–Kier alpha value is -2.82. The van der Waals surface area contributed by atoms with Crippen LogP contribution in [0.2, 0.25) is 0 Å². The average Bonchev–Trinajstić information content (AvgIpc) is 2.82. The Bertz CT molecular complexity index is 846. The molecule has 0 aliphatic carbocycles. The predicted octanol–water partition coefficient (Wildman–Crippen LogP) is 4.91. The van der Waals surface area contributed by atoms with Crippen molar-refractivity contribution in [1.29, 1.82) is 0 Å². The monoisotopic (exact) mass is 438 g/mol. The number of ether oxygens (including phenoxy) is 1. The zero-order valence-corrected chi connectivity index (χ0v) is 20.2. The topological polar surface area (TPSA) is 58.6 Å². The number of nitrogens with zero attached hydrogens (tertiary/aromatic N) is 1. The second kappa shape index (κ2) is 12.9. The van der Waals surface area contributed by atoms with Crippen LogP contribution in [0.4, 0.5) is 0 Å². The van der Waals surface area contributed by atoms with E-state index in [1.54, 1.807) is 12.0 Å². The van der Waals surface area contributed by atoms with E-state index in [9.17, 15) is 9.59 Å². The second-order valence-corrected chi connectivity index (χ2v) is 8.28. The van der Waals surface area contributed by atoms with E-state index in [1.807, 2.05) is 45.0 Å². The summed E-state index contributed by atoms with van der Waals surface area (Å²) in [6, 6.07) is 15.6. The predicted molar refractivity (Wildman–Crippen MR) is 130 cm³/mol. The third-order valence-corrected chi connectivity index (χ3v) is 5.96. The molecule has 0 aromatic heterocycles. The molecular weight excluding hydrogens is 400 g/mol. The molecule has 32 heavy (non-hydrogen) atoms. The molecule has 2 amide bonds. The van der Waals surface area contributed by atoms with Crippen molar-refractivity contribution in [2.75, 3.05) is 7.11 Å². The van der Waals surface area contributed by atoms with Gasteiger partial charge in [-0.1, -0.05) is 57.2 Å². The van der Waals surface area contributed by atoms with E-state index in [0.717, 1.165) is 29.7 Å². The van der Waals surface area contributed by atoms with Gasteiger partial charge in [0.2, 0.25) is 11.8 Å². The van der Waals surface area contributed by atoms with Gasteiger partial charge in [-0.05, 0) is 61.4 Å². The van der Waals surface area contributed by atoms with Crippen LogP contribution in [0, 0.1) is 0 Å². The van der Waals surface area contributed by atoms with Crippen LogP contribution in [0.3, 0.4) is 0 Å². The molecular formula is C27H38N2O3. The molecule has 0 bridgehead atoms. The van der Waals surface area contributed by atoms with Crippen LogP contribution >= 0.6 is 0 Å². The molecule has 0 aliphatic rings. The van der Waals surface area contributed by atoms with Crippen molar-refractivity contribution < 1.29 is 14.3 Å². The number of nitrogens with one attached hydrogen (secondary N) is 1. The Morgan fingerprint density at radius 2 is 1.50 bits per heavy atom. The van der Waals surface area contributed by atoms with Crippen molar-refractivity contribution in [3.8, 4) is 5.75 Å². The number of hydrogen-bond donors (Lipinski definition) is 1. The highest BCUT2D eigenvalue weighted by atomic mass is 16.5. The van der Waals surface area contributed by atoms with Gasteiger partial charge in [-0.2, -0.15) is 0 Å². The maximum Gasteiger partial charge on any atom is 0.243 e. The van der Waals surface area contributed by atoms with E-state index in [2.05, 4.69) is 36.5 Å². The highest BCUT2D eigenvalue weighted by Crippen LogP contribution is 2.18. The van der Waals surface area contributed by atoms with Gasteiger partial charge in [0, 0.05) is 19.0 Å². The molecule has 0 heterocycles. The van der Waals surface area contributed by atoms with Crippen molar-refractivity contribution in [3.05, 3.63) is 65.2 Å². The molecule has 0 spiro atoms. The van der Waals surface area contributed by atoms with Crippen LogP contribution < -0.4 is 10.1 Å². The van der Waals surface area contributed by atoms with E-state index in [4.69, 9.17) is 4.74 Å². The fraction of sp³-hybridized carbons (Fsp3) is 0.481. The Kier molecular flexibility index (Phi) is 10.3. The van der Waals surface area contributed by atoms with Crippen LogP contribution in [0.1, 0.15) is 63.6 Å². The maximum atomic E-state index is 13.3. The van der Waals surface area contributed by atoms with Crippen LogP contribution in [0.15, 0.2) is 48.5 Å². The highest BCUT2D eigenvalue weighted by Gasteiger charge is 2.29. The fourth-order valence-corrected chi connectivity index (χ4v) is 3.62. The summed E-state index contributed by atoms with van der Waals surface area (Å²) in [6.45, 7) is 8.50. The summed E-state index contributed by atoms with van der Waals surface area (Å²) in [4.78, 5) is 28.1. The first-order valence-electron chi connectivity index (χ1n) is 11.7. The molecule has 0 radical (unpaired) electrons. The molecule has 0 fully saturated rings. The molecule has 0 saturated heterocycles. The average molecular weight is 439 g/mol. The van der Waals surface area contributed by atoms with E-state index in [1.165, 1.54) is 5.56 Å². The van der Waals surface area contributed by atoms with Crippen molar-refractivity contribution in [2.24, 2.45) is 0 Å². The van der Waals surface area contributed by atoms with Gasteiger partial charge in [0.05, 0.1) is 7.11 Å². The van der Waals surface area contributed by atoms with Gasteiger partial charge in [-0.3, -0.25) is 9.59 Å². The van der Waals surface area contributed by atoms with E-state index >= 15 is 0 Å². The van der Waals surface area contributed by atoms with Crippen molar-refractivity contribution in [3.63, 3.8) is 0 Å². The Morgan fingerprint density at radius 3 is 2.03 bits per heavy atom. The molecule has 0 saturated carbocycles. The van der Waals surface area contributed by atoms with Crippen LogP contribution in [0.25, 0.3) is 0 Å². The first kappa shape index (κ1) is 25.4. The lowest BCUT2D eigenvalue weighted by molar-refractivity contribution is -0.141. The van der Waals surface area contributed by atoms with Crippen molar-refractivity contribution in [2.45, 2.75) is 78.4 Å². The number of rotatable bonds is 12. The number of benzene rings is 2. The number of amides is 2. The van der Waals surface area contributed by atoms with Crippen molar-refractivity contribution >= 4 is 11.8 Å². The lowest BCUT2D eigenvalue weighted by atomic mass is 10.0. The Balaban J connectivity index is 2.19. The number of aryl methyl sites for hydroxylation is 2. The molecule has 2 aromatic carbocycles. The smallest absolute Gasteiger partial charge is 0.243 e. The zero-order chi connectivity index (χ0) is 23.5. The summed E-state index contributed by atoms with van der Waals surface area (Å²) in [5, 5.41) is 3.05. The van der Waals surface area contributed by atoms with Gasteiger partial charge in [-0.25, -0.2) is 0 Å². The summed E-state index contributed by atoms with van der Waals surface area (Å²) in [5.74, 6) is 0.672. The lowest BCUT2D eigenvalue weighted by Crippen LogP contribution is -2.50. The van der Waals surface area contributed by atoms with E-state index < -0.39 is 6.04 Å². The van der Waals surface area contributed by atoms with Gasteiger partial charge < -0.3 is 15.0 Å². The maximum absolute atomic E-state index is 13.3. The number of methoxy groups -OCH3 is 1. The second-order valence-electron chi connectivity index (χ2n) is 8.28. The SMILES string of the molecule is CCc1ccc(CCC(=O)N(Cc2ccc(OC)cc2)[C@H](CC)C(=O)N[C@@H](C)CC)cc1. The normalized spacial score (nSPS) is 12.7. The van der Waals surface area contributed by atoms with Gasteiger partial charge in [0.25, 0.3) is 0 Å². The molecule has 5 heteroatoms. The largest absolute Gasteiger partial charge is 0.497 e. The molecule has 1 N–H and O–H groups in total. The van der Waals surface area contributed by atoms with Gasteiger partial charge in [-0.15, -0.1) is 0 Å². The minimum Gasteiger partial charge on any atom is -0.497 e. The third-order valence-electron chi connectivity index (χ3n) is 5.96. The van der Waals surface area contributed by atoms with E-state index in [0.29, 0.717) is 25.8 Å². The molecule has 5 nitrogen and oxygen atoms in total. The highest BCUT2D eigenvalue weighted by molar-refractivity contribution is 5.87.